The summed E-state index contributed by atoms with van der Waals surface area (Å²) in [5, 5.41) is 6.74. The van der Waals surface area contributed by atoms with Gasteiger partial charge in [0.05, 0.1) is 25.2 Å². The number of nitrogens with zero attached hydrogens (tertiary/aromatic N) is 1. The van der Waals surface area contributed by atoms with E-state index in [0.717, 1.165) is 0 Å². The van der Waals surface area contributed by atoms with Crippen molar-refractivity contribution in [3.8, 4) is 23.0 Å². The summed E-state index contributed by atoms with van der Waals surface area (Å²) >= 11 is 0. The predicted octanol–water partition coefficient (Wildman–Crippen LogP) is 6.65. The number of nitrogens with one attached hydrogen (secondary N) is 2. The van der Waals surface area contributed by atoms with Crippen molar-refractivity contribution in [1.29, 1.82) is 0 Å². The Morgan fingerprint density at radius 3 is 2.18 bits per heavy atom. The number of methoxy groups -OCH3 is 2. The number of hydrogen-bond acceptors (Lipinski definition) is 6. The molecule has 9 heteroatoms. The fourth-order valence-corrected chi connectivity index (χ4v) is 5.06. The van der Waals surface area contributed by atoms with Gasteiger partial charge in [-0.25, -0.2) is 8.78 Å². The summed E-state index contributed by atoms with van der Waals surface area (Å²) in [7, 11) is 3.07. The molecule has 1 heterocycles. The summed E-state index contributed by atoms with van der Waals surface area (Å²) in [6, 6.07) is 15.3. The second-order valence-electron chi connectivity index (χ2n) is 9.71. The molecule has 1 fully saturated rings. The highest BCUT2D eigenvalue weighted by molar-refractivity contribution is 5.98. The van der Waals surface area contributed by atoms with E-state index in [9.17, 15) is 9.18 Å². The zero-order chi connectivity index (χ0) is 27.7. The number of carbonyl (C=O) groups is 1. The van der Waals surface area contributed by atoms with E-state index in [-0.39, 0.29) is 29.3 Å². The summed E-state index contributed by atoms with van der Waals surface area (Å²) in [5.41, 5.74) is 0.988. The van der Waals surface area contributed by atoms with Crippen molar-refractivity contribution >= 4 is 28.2 Å². The molecule has 4 aromatic rings. The Morgan fingerprint density at radius 1 is 0.872 bits per heavy atom. The third-order valence-electron chi connectivity index (χ3n) is 7.73. The van der Waals surface area contributed by atoms with Crippen molar-refractivity contribution in [3.05, 3.63) is 78.5 Å². The fourth-order valence-electron chi connectivity index (χ4n) is 5.06. The van der Waals surface area contributed by atoms with Gasteiger partial charge >= 0.3 is 0 Å². The summed E-state index contributed by atoms with van der Waals surface area (Å²) in [5.74, 6) is 0.637. The van der Waals surface area contributed by atoms with Crippen molar-refractivity contribution < 1.29 is 27.8 Å². The molecular formula is C30H29F2N3O4. The molecule has 0 bridgehead atoms. The minimum Gasteiger partial charge on any atom is -0.493 e. The number of carbonyl (C=O) groups excluding carboxylic acids is 1. The third kappa shape index (κ3) is 4.92. The molecular weight excluding hydrogens is 504 g/mol. The Morgan fingerprint density at radius 2 is 1.54 bits per heavy atom. The van der Waals surface area contributed by atoms with Crippen molar-refractivity contribution in [3.63, 3.8) is 0 Å². The third-order valence-corrected chi connectivity index (χ3v) is 7.73. The van der Waals surface area contributed by atoms with E-state index in [1.165, 1.54) is 43.5 Å². The zero-order valence-corrected chi connectivity index (χ0v) is 22.0. The Hall–Kier alpha value is -4.40. The standard InChI is InChI=1S/C30H29F2N3O4/c1-17-18(2)30(17,29(36)35-20-7-5-19(31)6-8-20)16-34-21-9-10-26(23(32)13-21)39-25-11-12-33-24-15-28(38-4)27(37-3)14-22(24)25/h5-15,17-18,34H,16H2,1-4H3,(H,35,36)/t17-,18+,30?. The van der Waals surface area contributed by atoms with Crippen LogP contribution in [-0.4, -0.2) is 31.7 Å². The number of amides is 1. The maximum atomic E-state index is 15.1. The number of rotatable bonds is 9. The molecule has 1 aliphatic rings. The number of anilines is 2. The smallest absolute Gasteiger partial charge is 0.232 e. The quantitative estimate of drug-likeness (QED) is 0.251. The highest BCUT2D eigenvalue weighted by Gasteiger charge is 2.64. The molecule has 0 radical (unpaired) electrons. The molecule has 0 spiro atoms. The summed E-state index contributed by atoms with van der Waals surface area (Å²) in [6.45, 7) is 4.34. The van der Waals surface area contributed by atoms with E-state index in [1.54, 1.807) is 37.6 Å². The molecule has 1 aromatic heterocycles. The second kappa shape index (κ2) is 10.4. The lowest BCUT2D eigenvalue weighted by Crippen LogP contribution is -2.33. The van der Waals surface area contributed by atoms with Crippen molar-refractivity contribution in [1.82, 2.24) is 4.98 Å². The Labute approximate surface area is 225 Å². The lowest BCUT2D eigenvalue weighted by molar-refractivity contribution is -0.121. The van der Waals surface area contributed by atoms with Crippen LogP contribution in [0.1, 0.15) is 13.8 Å². The van der Waals surface area contributed by atoms with Gasteiger partial charge in [0.2, 0.25) is 5.91 Å². The van der Waals surface area contributed by atoms with Crippen LogP contribution in [0.3, 0.4) is 0 Å². The topological polar surface area (TPSA) is 81.7 Å². The monoisotopic (exact) mass is 533 g/mol. The van der Waals surface area contributed by atoms with Gasteiger partial charge in [-0.15, -0.1) is 0 Å². The molecule has 1 aliphatic carbocycles. The number of aromatic nitrogens is 1. The van der Waals surface area contributed by atoms with Gasteiger partial charge in [-0.3, -0.25) is 9.78 Å². The molecule has 1 unspecified atom stereocenters. The summed E-state index contributed by atoms with van der Waals surface area (Å²) in [6.07, 6.45) is 1.58. The summed E-state index contributed by atoms with van der Waals surface area (Å²) < 4.78 is 45.0. The Balaban J connectivity index is 1.31. The van der Waals surface area contributed by atoms with Crippen LogP contribution in [0.5, 0.6) is 23.0 Å². The van der Waals surface area contributed by atoms with Crippen LogP contribution in [0, 0.1) is 28.9 Å². The van der Waals surface area contributed by atoms with Crippen molar-refractivity contribution in [2.24, 2.45) is 17.3 Å². The number of pyridine rings is 1. The number of halogens is 2. The van der Waals surface area contributed by atoms with Gasteiger partial charge in [0, 0.05) is 41.6 Å². The molecule has 7 nitrogen and oxygen atoms in total. The van der Waals surface area contributed by atoms with Gasteiger partial charge < -0.3 is 24.8 Å². The van der Waals surface area contributed by atoms with Gasteiger partial charge in [-0.05, 0) is 60.4 Å². The lowest BCUT2D eigenvalue weighted by Gasteiger charge is -2.19. The van der Waals surface area contributed by atoms with E-state index in [1.807, 2.05) is 13.8 Å². The van der Waals surface area contributed by atoms with Gasteiger partial charge in [0.15, 0.2) is 23.1 Å². The molecule has 202 valence electrons. The number of fused-ring (bicyclic) bond motifs is 1. The zero-order valence-electron chi connectivity index (χ0n) is 22.0. The van der Waals surface area contributed by atoms with Crippen molar-refractivity contribution in [2.75, 3.05) is 31.4 Å². The average molecular weight is 534 g/mol. The van der Waals surface area contributed by atoms with Gasteiger partial charge in [-0.1, -0.05) is 13.8 Å². The molecule has 3 aromatic carbocycles. The number of benzene rings is 3. The van der Waals surface area contributed by atoms with Crippen LogP contribution >= 0.6 is 0 Å². The molecule has 3 atom stereocenters. The molecule has 0 saturated heterocycles. The predicted molar refractivity (Wildman–Crippen MR) is 146 cm³/mol. The molecule has 0 aliphatic heterocycles. The van der Waals surface area contributed by atoms with Gasteiger partial charge in [0.1, 0.15) is 11.6 Å². The van der Waals surface area contributed by atoms with Crippen LogP contribution in [0.25, 0.3) is 10.9 Å². The van der Waals surface area contributed by atoms with E-state index in [0.29, 0.717) is 46.1 Å². The maximum absolute atomic E-state index is 15.1. The van der Waals surface area contributed by atoms with Crippen LogP contribution in [0.4, 0.5) is 20.2 Å². The normalized spacial score (nSPS) is 19.8. The maximum Gasteiger partial charge on any atom is 0.232 e. The number of ether oxygens (including phenoxy) is 3. The minimum absolute atomic E-state index is 0.0414. The number of hydrogen-bond donors (Lipinski definition) is 2. The van der Waals surface area contributed by atoms with E-state index in [2.05, 4.69) is 15.6 Å². The van der Waals surface area contributed by atoms with Crippen molar-refractivity contribution in [2.45, 2.75) is 13.8 Å². The van der Waals surface area contributed by atoms with E-state index in [4.69, 9.17) is 14.2 Å². The van der Waals surface area contributed by atoms with Crippen LogP contribution in [0.2, 0.25) is 0 Å². The fraction of sp³-hybridized carbons (Fsp3) is 0.267. The second-order valence-corrected chi connectivity index (χ2v) is 9.71. The first-order valence-electron chi connectivity index (χ1n) is 12.6. The first-order valence-corrected chi connectivity index (χ1v) is 12.6. The SMILES string of the molecule is COc1cc2nccc(Oc3ccc(NCC4(C(=O)Nc5ccc(F)cc5)[C@H](C)[C@@H]4C)cc3F)c2cc1OC. The van der Waals surface area contributed by atoms with E-state index >= 15 is 4.39 Å². The average Bonchev–Trinajstić information content (AvgIpc) is 3.48. The molecule has 39 heavy (non-hydrogen) atoms. The van der Waals surface area contributed by atoms with Gasteiger partial charge in [-0.2, -0.15) is 0 Å². The highest BCUT2D eigenvalue weighted by atomic mass is 19.1. The Bertz CT molecular complexity index is 1520. The van der Waals surface area contributed by atoms with E-state index < -0.39 is 11.2 Å². The molecule has 1 saturated carbocycles. The first kappa shape index (κ1) is 26.2. The summed E-state index contributed by atoms with van der Waals surface area (Å²) in [4.78, 5) is 17.5. The van der Waals surface area contributed by atoms with Gasteiger partial charge in [0.25, 0.3) is 0 Å². The highest BCUT2D eigenvalue weighted by Crippen LogP contribution is 2.58. The van der Waals surface area contributed by atoms with Crippen LogP contribution in [0.15, 0.2) is 66.9 Å². The Kier molecular flexibility index (Phi) is 6.99. The first-order chi connectivity index (χ1) is 18.8. The lowest BCUT2D eigenvalue weighted by atomic mass is 10.0. The largest absolute Gasteiger partial charge is 0.493 e. The molecule has 1 amide bonds. The molecule has 2 N–H and O–H groups in total. The van der Waals surface area contributed by atoms with Crippen LogP contribution < -0.4 is 24.8 Å². The molecule has 5 rings (SSSR count). The van der Waals surface area contributed by atoms with Crippen LogP contribution in [-0.2, 0) is 4.79 Å². The minimum atomic E-state index is -0.671.